The van der Waals surface area contributed by atoms with Gasteiger partial charge in [0.05, 0.1) is 24.0 Å². The van der Waals surface area contributed by atoms with Crippen LogP contribution < -0.4 is 9.64 Å². The number of halogens is 1. The molecule has 2 amide bonds. The summed E-state index contributed by atoms with van der Waals surface area (Å²) in [7, 11) is 0. The minimum absolute atomic E-state index is 0.128. The highest BCUT2D eigenvalue weighted by atomic mass is 32.1. The van der Waals surface area contributed by atoms with Gasteiger partial charge in [-0.05, 0) is 37.1 Å². The normalized spacial score (nSPS) is 19.8. The fraction of sp³-hybridized carbons (Fsp3) is 0.400. The lowest BCUT2D eigenvalue weighted by Crippen LogP contribution is -2.40. The summed E-state index contributed by atoms with van der Waals surface area (Å²) in [5.41, 5.74) is 1.61. The van der Waals surface area contributed by atoms with E-state index in [9.17, 15) is 19.1 Å². The van der Waals surface area contributed by atoms with E-state index in [0.29, 0.717) is 36.6 Å². The maximum atomic E-state index is 14.9. The average molecular weight is 448 g/mol. The molecule has 1 N–H and O–H groups in total. The fourth-order valence-corrected chi connectivity index (χ4v) is 3.89. The van der Waals surface area contributed by atoms with E-state index in [4.69, 9.17) is 9.47 Å². The van der Waals surface area contributed by atoms with Gasteiger partial charge in [0, 0.05) is 18.7 Å². The van der Waals surface area contributed by atoms with Crippen LogP contribution in [0, 0.1) is 5.82 Å². The average Bonchev–Trinajstić information content (AvgIpc) is 3.41. The van der Waals surface area contributed by atoms with Crippen LogP contribution in [0.15, 0.2) is 30.5 Å². The Morgan fingerprint density at radius 1 is 1.48 bits per heavy atom. The molecule has 11 heteroatoms. The minimum Gasteiger partial charge on any atom is -0.472 e. The predicted molar refractivity (Wildman–Crippen MR) is 110 cm³/mol. The van der Waals surface area contributed by atoms with Crippen LogP contribution >= 0.6 is 11.7 Å². The van der Waals surface area contributed by atoms with Gasteiger partial charge in [-0.15, -0.1) is 4.37 Å². The van der Waals surface area contributed by atoms with Crippen LogP contribution in [0.4, 0.5) is 14.9 Å². The van der Waals surface area contributed by atoms with Crippen molar-refractivity contribution in [2.75, 3.05) is 31.1 Å². The highest BCUT2D eigenvalue weighted by molar-refractivity contribution is 6.99. The smallest absolute Gasteiger partial charge is 0.414 e. The molecular formula is C20H21FN4O5S. The molecule has 0 bridgehead atoms. The molecule has 2 aliphatic heterocycles. The summed E-state index contributed by atoms with van der Waals surface area (Å²) in [6.07, 6.45) is 1.61. The van der Waals surface area contributed by atoms with Gasteiger partial charge in [0.2, 0.25) is 5.88 Å². The van der Waals surface area contributed by atoms with Crippen molar-refractivity contribution in [3.63, 3.8) is 0 Å². The van der Waals surface area contributed by atoms with Crippen molar-refractivity contribution in [1.82, 2.24) is 13.6 Å². The first kappa shape index (κ1) is 21.2. The predicted octanol–water partition coefficient (Wildman–Crippen LogP) is 2.08. The molecule has 0 aliphatic carbocycles. The number of cyclic esters (lactones) is 1. The summed E-state index contributed by atoms with van der Waals surface area (Å²) in [4.78, 5) is 27.0. The second-order valence-corrected chi connectivity index (χ2v) is 7.83. The Morgan fingerprint density at radius 2 is 2.32 bits per heavy atom. The van der Waals surface area contributed by atoms with Gasteiger partial charge in [-0.2, -0.15) is 4.37 Å². The van der Waals surface area contributed by atoms with Gasteiger partial charge >= 0.3 is 6.09 Å². The second-order valence-electron chi connectivity index (χ2n) is 7.28. The van der Waals surface area contributed by atoms with E-state index in [0.717, 1.165) is 17.3 Å². The number of aliphatic hydroxyl groups excluding tert-OH is 1. The van der Waals surface area contributed by atoms with Crippen molar-refractivity contribution in [1.29, 1.82) is 0 Å². The quantitative estimate of drug-likeness (QED) is 0.721. The standard InChI is InChI=1S/C20H21FN4O5S/c1-12(26)19(27)24-6-4-13(5-7-24)16-3-2-14(8-17(16)21)25-10-15(30-20(25)28)11-29-18-9-22-31-23-18/h2-4,8-9,12,15,26H,5-7,10-11H2,1H3/t12?,15-/m1/s1. The molecule has 1 saturated heterocycles. The molecule has 3 heterocycles. The lowest BCUT2D eigenvalue weighted by molar-refractivity contribution is -0.138. The zero-order valence-electron chi connectivity index (χ0n) is 16.7. The number of nitrogens with zero attached hydrogens (tertiary/aromatic N) is 4. The molecule has 164 valence electrons. The number of carbonyl (C=O) groups excluding carboxylic acids is 2. The first-order valence-electron chi connectivity index (χ1n) is 9.76. The SMILES string of the molecule is CC(O)C(=O)N1CC=C(c2ccc(N3C[C@H](COc4cnsn4)OC3=O)cc2F)CC1. The largest absolute Gasteiger partial charge is 0.472 e. The Balaban J connectivity index is 1.41. The number of benzene rings is 1. The summed E-state index contributed by atoms with van der Waals surface area (Å²) in [6.45, 7) is 2.51. The third-order valence-corrected chi connectivity index (χ3v) is 5.58. The molecule has 1 unspecified atom stereocenters. The van der Waals surface area contributed by atoms with Crippen molar-refractivity contribution in [3.8, 4) is 5.88 Å². The molecular weight excluding hydrogens is 427 g/mol. The van der Waals surface area contributed by atoms with E-state index >= 15 is 0 Å². The van der Waals surface area contributed by atoms with Crippen LogP contribution in [0.1, 0.15) is 18.9 Å². The Labute approximate surface area is 182 Å². The molecule has 31 heavy (non-hydrogen) atoms. The fourth-order valence-electron chi connectivity index (χ4n) is 3.53. The Kier molecular flexibility index (Phi) is 6.14. The van der Waals surface area contributed by atoms with Gasteiger partial charge in [-0.1, -0.05) is 6.08 Å². The zero-order valence-corrected chi connectivity index (χ0v) is 17.5. The van der Waals surface area contributed by atoms with Crippen LogP contribution in [-0.4, -0.2) is 69.2 Å². The van der Waals surface area contributed by atoms with Crippen molar-refractivity contribution < 1.29 is 28.6 Å². The van der Waals surface area contributed by atoms with Gasteiger partial charge < -0.3 is 19.5 Å². The number of aromatic nitrogens is 2. The molecule has 2 aliphatic rings. The highest BCUT2D eigenvalue weighted by Crippen LogP contribution is 2.30. The van der Waals surface area contributed by atoms with E-state index < -0.39 is 24.1 Å². The van der Waals surface area contributed by atoms with Crippen molar-refractivity contribution >= 4 is 35.0 Å². The van der Waals surface area contributed by atoms with Crippen LogP contribution in [0.25, 0.3) is 5.57 Å². The van der Waals surface area contributed by atoms with Crippen LogP contribution in [0.3, 0.4) is 0 Å². The topological polar surface area (TPSA) is 105 Å². The van der Waals surface area contributed by atoms with Gasteiger partial charge in [0.25, 0.3) is 5.91 Å². The Hall–Kier alpha value is -3.05. The molecule has 2 aromatic rings. The molecule has 9 nitrogen and oxygen atoms in total. The number of ether oxygens (including phenoxy) is 2. The molecule has 4 rings (SSSR count). The second kappa shape index (κ2) is 8.98. The van der Waals surface area contributed by atoms with Gasteiger partial charge in [0.15, 0.2) is 6.10 Å². The first-order chi connectivity index (χ1) is 14.9. The number of carbonyl (C=O) groups is 2. The van der Waals surface area contributed by atoms with E-state index in [2.05, 4.69) is 8.75 Å². The van der Waals surface area contributed by atoms with Crippen LogP contribution in [0.5, 0.6) is 5.88 Å². The van der Waals surface area contributed by atoms with Crippen LogP contribution in [0.2, 0.25) is 0 Å². The minimum atomic E-state index is -1.06. The van der Waals surface area contributed by atoms with Gasteiger partial charge in [-0.3, -0.25) is 9.69 Å². The summed E-state index contributed by atoms with van der Waals surface area (Å²) in [5.74, 6) is -0.437. The lowest BCUT2D eigenvalue weighted by Gasteiger charge is -2.28. The molecule has 1 aromatic carbocycles. The van der Waals surface area contributed by atoms with Crippen molar-refractivity contribution in [2.24, 2.45) is 0 Å². The van der Waals surface area contributed by atoms with E-state index in [-0.39, 0.29) is 19.1 Å². The Morgan fingerprint density at radius 3 is 2.97 bits per heavy atom. The van der Waals surface area contributed by atoms with Gasteiger partial charge in [0.1, 0.15) is 24.7 Å². The zero-order chi connectivity index (χ0) is 22.0. The molecule has 0 saturated carbocycles. The maximum Gasteiger partial charge on any atom is 0.414 e. The number of anilines is 1. The van der Waals surface area contributed by atoms with E-state index in [1.807, 2.05) is 0 Å². The van der Waals surface area contributed by atoms with Crippen molar-refractivity contribution in [2.45, 2.75) is 25.6 Å². The van der Waals surface area contributed by atoms with E-state index in [1.165, 1.54) is 29.0 Å². The lowest BCUT2D eigenvalue weighted by atomic mass is 9.98. The molecule has 0 radical (unpaired) electrons. The van der Waals surface area contributed by atoms with Gasteiger partial charge in [-0.25, -0.2) is 9.18 Å². The molecule has 0 spiro atoms. The first-order valence-corrected chi connectivity index (χ1v) is 10.5. The molecule has 2 atom stereocenters. The van der Waals surface area contributed by atoms with Crippen LogP contribution in [-0.2, 0) is 9.53 Å². The summed E-state index contributed by atoms with van der Waals surface area (Å²) in [5, 5.41) is 9.43. The third-order valence-electron chi connectivity index (χ3n) is 5.12. The molecule has 1 aromatic heterocycles. The number of amides is 2. The number of aliphatic hydroxyl groups is 1. The maximum absolute atomic E-state index is 14.9. The molecule has 1 fully saturated rings. The Bertz CT molecular complexity index is 997. The summed E-state index contributed by atoms with van der Waals surface area (Å²) < 4.78 is 33.3. The summed E-state index contributed by atoms with van der Waals surface area (Å²) in [6, 6.07) is 4.60. The summed E-state index contributed by atoms with van der Waals surface area (Å²) >= 11 is 1.02. The highest BCUT2D eigenvalue weighted by Gasteiger charge is 2.33. The number of rotatable bonds is 6. The monoisotopic (exact) mass is 448 g/mol. The van der Waals surface area contributed by atoms with E-state index in [1.54, 1.807) is 18.2 Å². The number of hydrogen-bond acceptors (Lipinski definition) is 8. The van der Waals surface area contributed by atoms with Crippen molar-refractivity contribution in [3.05, 3.63) is 41.9 Å². The number of hydrogen-bond donors (Lipinski definition) is 1. The third kappa shape index (κ3) is 4.67.